The van der Waals surface area contributed by atoms with E-state index in [9.17, 15) is 14.7 Å². The van der Waals surface area contributed by atoms with Crippen LogP contribution in [0.15, 0.2) is 30.3 Å². The van der Waals surface area contributed by atoms with E-state index in [0.29, 0.717) is 18.5 Å². The highest BCUT2D eigenvalue weighted by Gasteiger charge is 2.35. The van der Waals surface area contributed by atoms with Crippen molar-refractivity contribution < 1.29 is 14.7 Å². The van der Waals surface area contributed by atoms with Crippen LogP contribution in [0.4, 0.5) is 0 Å². The molecule has 1 fully saturated rings. The fourth-order valence-electron chi connectivity index (χ4n) is 2.81. The predicted molar refractivity (Wildman–Crippen MR) is 84.0 cm³/mol. The maximum Gasteiger partial charge on any atom is 0.245 e. The summed E-state index contributed by atoms with van der Waals surface area (Å²) in [6, 6.07) is 8.74. The van der Waals surface area contributed by atoms with Crippen LogP contribution in [0.2, 0.25) is 0 Å². The third kappa shape index (κ3) is 3.65. The average molecular weight is 304 g/mol. The summed E-state index contributed by atoms with van der Waals surface area (Å²) in [5.74, 6) is -0.347. The van der Waals surface area contributed by atoms with Crippen LogP contribution in [0.1, 0.15) is 39.2 Å². The molecule has 2 unspecified atom stereocenters. The fraction of sp³-hybridized carbons (Fsp3) is 0.529. The molecule has 1 heterocycles. The van der Waals surface area contributed by atoms with E-state index in [0.717, 1.165) is 0 Å². The van der Waals surface area contributed by atoms with Gasteiger partial charge in [0.25, 0.3) is 0 Å². The number of hydrogen-bond donors (Lipinski definition) is 2. The normalized spacial score (nSPS) is 21.0. The lowest BCUT2D eigenvalue weighted by Gasteiger charge is -2.24. The number of amides is 2. The monoisotopic (exact) mass is 304 g/mol. The SMILES string of the molecule is CC(C)N1CCC(NC(=O)CC(C)(O)c2ccccc2)C1=O. The summed E-state index contributed by atoms with van der Waals surface area (Å²) in [4.78, 5) is 26.1. The number of benzene rings is 1. The molecule has 0 aliphatic carbocycles. The molecule has 22 heavy (non-hydrogen) atoms. The van der Waals surface area contributed by atoms with E-state index < -0.39 is 11.6 Å². The number of carbonyl (C=O) groups excluding carboxylic acids is 2. The molecule has 2 amide bonds. The molecule has 2 atom stereocenters. The van der Waals surface area contributed by atoms with Crippen LogP contribution in [-0.4, -0.2) is 40.4 Å². The third-order valence-corrected chi connectivity index (χ3v) is 4.10. The average Bonchev–Trinajstić information content (AvgIpc) is 2.80. The fourth-order valence-corrected chi connectivity index (χ4v) is 2.81. The Morgan fingerprint density at radius 3 is 2.59 bits per heavy atom. The van der Waals surface area contributed by atoms with E-state index in [-0.39, 0.29) is 24.3 Å². The molecule has 0 saturated carbocycles. The van der Waals surface area contributed by atoms with Crippen LogP contribution in [-0.2, 0) is 15.2 Å². The lowest BCUT2D eigenvalue weighted by atomic mass is 9.92. The second kappa shape index (κ2) is 6.48. The Balaban J connectivity index is 1.95. The van der Waals surface area contributed by atoms with Crippen LogP contribution in [0.5, 0.6) is 0 Å². The van der Waals surface area contributed by atoms with Crippen molar-refractivity contribution in [3.8, 4) is 0 Å². The van der Waals surface area contributed by atoms with Gasteiger partial charge in [0.15, 0.2) is 0 Å². The summed E-state index contributed by atoms with van der Waals surface area (Å²) in [6.45, 7) is 6.19. The highest BCUT2D eigenvalue weighted by molar-refractivity contribution is 5.89. The van der Waals surface area contributed by atoms with Crippen molar-refractivity contribution >= 4 is 11.8 Å². The lowest BCUT2D eigenvalue weighted by Crippen LogP contribution is -2.44. The van der Waals surface area contributed by atoms with Crippen molar-refractivity contribution in [2.75, 3.05) is 6.54 Å². The molecule has 1 aromatic carbocycles. The molecule has 2 rings (SSSR count). The zero-order valence-electron chi connectivity index (χ0n) is 13.4. The molecule has 5 heteroatoms. The zero-order valence-corrected chi connectivity index (χ0v) is 13.4. The minimum atomic E-state index is -1.25. The van der Waals surface area contributed by atoms with Gasteiger partial charge in [-0.05, 0) is 32.8 Å². The van der Waals surface area contributed by atoms with Crippen molar-refractivity contribution in [1.29, 1.82) is 0 Å². The molecule has 1 aromatic rings. The van der Waals surface area contributed by atoms with Gasteiger partial charge in [0, 0.05) is 12.6 Å². The number of hydrogen-bond acceptors (Lipinski definition) is 3. The molecular formula is C17H24N2O3. The summed E-state index contributed by atoms with van der Waals surface area (Å²) in [6.07, 6.45) is 0.554. The summed E-state index contributed by atoms with van der Waals surface area (Å²) < 4.78 is 0. The molecule has 1 aliphatic heterocycles. The number of nitrogens with one attached hydrogen (secondary N) is 1. The van der Waals surface area contributed by atoms with Crippen molar-refractivity contribution in [1.82, 2.24) is 10.2 Å². The number of likely N-dealkylation sites (tertiary alicyclic amines) is 1. The van der Waals surface area contributed by atoms with Crippen molar-refractivity contribution in [3.05, 3.63) is 35.9 Å². The van der Waals surface area contributed by atoms with E-state index in [4.69, 9.17) is 0 Å². The Bertz CT molecular complexity index is 540. The van der Waals surface area contributed by atoms with Gasteiger partial charge in [-0.2, -0.15) is 0 Å². The standard InChI is InChI=1S/C17H24N2O3/c1-12(2)19-10-9-14(16(19)21)18-15(20)11-17(3,22)13-7-5-4-6-8-13/h4-8,12,14,22H,9-11H2,1-3H3,(H,18,20). The highest BCUT2D eigenvalue weighted by atomic mass is 16.3. The van der Waals surface area contributed by atoms with Gasteiger partial charge in [0.2, 0.25) is 11.8 Å². The van der Waals surface area contributed by atoms with E-state index in [2.05, 4.69) is 5.32 Å². The Hall–Kier alpha value is -1.88. The molecule has 0 radical (unpaired) electrons. The number of aliphatic hydroxyl groups is 1. The van der Waals surface area contributed by atoms with Crippen LogP contribution in [0.25, 0.3) is 0 Å². The van der Waals surface area contributed by atoms with Crippen LogP contribution < -0.4 is 5.32 Å². The highest BCUT2D eigenvalue weighted by Crippen LogP contribution is 2.24. The van der Waals surface area contributed by atoms with E-state index >= 15 is 0 Å². The van der Waals surface area contributed by atoms with E-state index in [1.165, 1.54) is 0 Å². The van der Waals surface area contributed by atoms with Crippen molar-refractivity contribution in [3.63, 3.8) is 0 Å². The van der Waals surface area contributed by atoms with Crippen molar-refractivity contribution in [2.45, 2.75) is 51.3 Å². The number of rotatable bonds is 5. The van der Waals surface area contributed by atoms with Crippen LogP contribution in [0, 0.1) is 0 Å². The van der Waals surface area contributed by atoms with Gasteiger partial charge in [0.1, 0.15) is 6.04 Å². The topological polar surface area (TPSA) is 69.6 Å². The van der Waals surface area contributed by atoms with Gasteiger partial charge in [0.05, 0.1) is 12.0 Å². The first-order chi connectivity index (χ1) is 10.3. The van der Waals surface area contributed by atoms with Gasteiger partial charge in [-0.15, -0.1) is 0 Å². The first-order valence-corrected chi connectivity index (χ1v) is 7.69. The molecule has 1 saturated heterocycles. The molecule has 1 aliphatic rings. The summed E-state index contributed by atoms with van der Waals surface area (Å²) in [5.41, 5.74) is -0.559. The maximum absolute atomic E-state index is 12.2. The Kier molecular flexibility index (Phi) is 4.86. The first-order valence-electron chi connectivity index (χ1n) is 7.69. The van der Waals surface area contributed by atoms with Gasteiger partial charge in [-0.25, -0.2) is 0 Å². The van der Waals surface area contributed by atoms with E-state index in [1.807, 2.05) is 32.0 Å². The van der Waals surface area contributed by atoms with Crippen LogP contribution in [0.3, 0.4) is 0 Å². The second-order valence-electron chi connectivity index (χ2n) is 6.35. The molecule has 0 aromatic heterocycles. The quantitative estimate of drug-likeness (QED) is 0.864. The largest absolute Gasteiger partial charge is 0.385 e. The zero-order chi connectivity index (χ0) is 16.3. The van der Waals surface area contributed by atoms with Gasteiger partial charge >= 0.3 is 0 Å². The Labute approximate surface area is 131 Å². The Morgan fingerprint density at radius 2 is 2.05 bits per heavy atom. The van der Waals surface area contributed by atoms with Crippen molar-refractivity contribution in [2.24, 2.45) is 0 Å². The molecule has 120 valence electrons. The van der Waals surface area contributed by atoms with Gasteiger partial charge in [-0.3, -0.25) is 9.59 Å². The molecule has 2 N–H and O–H groups in total. The second-order valence-corrected chi connectivity index (χ2v) is 6.35. The summed E-state index contributed by atoms with van der Waals surface area (Å²) >= 11 is 0. The third-order valence-electron chi connectivity index (χ3n) is 4.10. The first kappa shape index (κ1) is 16.5. The predicted octanol–water partition coefficient (Wildman–Crippen LogP) is 1.41. The summed E-state index contributed by atoms with van der Waals surface area (Å²) in [5, 5.41) is 13.2. The Morgan fingerprint density at radius 1 is 1.41 bits per heavy atom. The summed E-state index contributed by atoms with van der Waals surface area (Å²) in [7, 11) is 0. The van der Waals surface area contributed by atoms with Gasteiger partial charge in [-0.1, -0.05) is 30.3 Å². The number of carbonyl (C=O) groups is 2. The smallest absolute Gasteiger partial charge is 0.245 e. The minimum Gasteiger partial charge on any atom is -0.385 e. The molecule has 5 nitrogen and oxygen atoms in total. The van der Waals surface area contributed by atoms with Crippen LogP contribution >= 0.6 is 0 Å². The molecule has 0 spiro atoms. The molecule has 0 bridgehead atoms. The minimum absolute atomic E-state index is 0.0392. The number of nitrogens with zero attached hydrogens (tertiary/aromatic N) is 1. The van der Waals surface area contributed by atoms with E-state index in [1.54, 1.807) is 24.0 Å². The molecular weight excluding hydrogens is 280 g/mol. The van der Waals surface area contributed by atoms with Gasteiger partial charge < -0.3 is 15.3 Å². The lowest BCUT2D eigenvalue weighted by molar-refractivity contribution is -0.135. The maximum atomic E-state index is 12.2.